The van der Waals surface area contributed by atoms with Crippen molar-refractivity contribution < 1.29 is 9.50 Å². The van der Waals surface area contributed by atoms with Gasteiger partial charge in [0.2, 0.25) is 0 Å². The average molecular weight is 304 g/mol. The molecule has 1 aromatic carbocycles. The molecule has 1 N–H and O–H groups in total. The van der Waals surface area contributed by atoms with Crippen LogP contribution in [-0.4, -0.2) is 29.7 Å². The predicted molar refractivity (Wildman–Crippen MR) is 71.4 cm³/mol. The van der Waals surface area contributed by atoms with Gasteiger partial charge in [0.15, 0.2) is 0 Å². The highest BCUT2D eigenvalue weighted by atomic mass is 79.9. The van der Waals surface area contributed by atoms with Crippen LogP contribution < -0.4 is 0 Å². The number of aliphatic hydroxyl groups is 1. The van der Waals surface area contributed by atoms with Crippen LogP contribution in [0.1, 0.15) is 25.3 Å². The fourth-order valence-electron chi connectivity index (χ4n) is 1.70. The second-order valence-electron chi connectivity index (χ2n) is 4.07. The van der Waals surface area contributed by atoms with E-state index in [0.29, 0.717) is 17.6 Å². The Labute approximate surface area is 111 Å². The van der Waals surface area contributed by atoms with E-state index in [4.69, 9.17) is 5.11 Å². The Kier molecular flexibility index (Phi) is 6.70. The first-order valence-corrected chi connectivity index (χ1v) is 6.74. The number of nitrogens with zero attached hydrogens (tertiary/aromatic N) is 1. The van der Waals surface area contributed by atoms with Crippen molar-refractivity contribution in [3.05, 3.63) is 34.1 Å². The third kappa shape index (κ3) is 4.74. The molecule has 0 aliphatic carbocycles. The lowest BCUT2D eigenvalue weighted by Gasteiger charge is -2.21. The number of benzene rings is 1. The third-order valence-corrected chi connectivity index (χ3v) is 3.56. The minimum Gasteiger partial charge on any atom is -0.395 e. The summed E-state index contributed by atoms with van der Waals surface area (Å²) in [6.45, 7) is 4.49. The molecule has 17 heavy (non-hydrogen) atoms. The molecule has 4 heteroatoms. The summed E-state index contributed by atoms with van der Waals surface area (Å²) in [5, 5.41) is 9.01. The van der Waals surface area contributed by atoms with Crippen molar-refractivity contribution >= 4 is 15.9 Å². The van der Waals surface area contributed by atoms with Crippen molar-refractivity contribution in [3.8, 4) is 0 Å². The first kappa shape index (κ1) is 14.6. The SMILES string of the molecule is CCCCN(CCO)Cc1cccc(F)c1Br. The minimum absolute atomic E-state index is 0.136. The van der Waals surface area contributed by atoms with E-state index in [-0.39, 0.29) is 12.4 Å². The molecule has 0 amide bonds. The second kappa shape index (κ2) is 7.80. The van der Waals surface area contributed by atoms with Gasteiger partial charge in [-0.2, -0.15) is 0 Å². The Hall–Kier alpha value is -0.450. The van der Waals surface area contributed by atoms with Crippen LogP contribution in [0.2, 0.25) is 0 Å². The van der Waals surface area contributed by atoms with Crippen LogP contribution in [0.4, 0.5) is 4.39 Å². The van der Waals surface area contributed by atoms with Gasteiger partial charge in [-0.1, -0.05) is 25.5 Å². The molecule has 1 aromatic rings. The maximum absolute atomic E-state index is 13.4. The largest absolute Gasteiger partial charge is 0.395 e. The van der Waals surface area contributed by atoms with Gasteiger partial charge in [-0.25, -0.2) is 4.39 Å². The predicted octanol–water partition coefficient (Wildman–Crippen LogP) is 3.18. The molecule has 0 atom stereocenters. The zero-order chi connectivity index (χ0) is 12.7. The summed E-state index contributed by atoms with van der Waals surface area (Å²) in [4.78, 5) is 2.14. The topological polar surface area (TPSA) is 23.5 Å². The molecule has 2 nitrogen and oxygen atoms in total. The van der Waals surface area contributed by atoms with Gasteiger partial charge < -0.3 is 5.11 Å². The normalized spacial score (nSPS) is 11.1. The molecule has 0 aromatic heterocycles. The molecular weight excluding hydrogens is 285 g/mol. The lowest BCUT2D eigenvalue weighted by Crippen LogP contribution is -2.27. The van der Waals surface area contributed by atoms with Gasteiger partial charge in [0.25, 0.3) is 0 Å². The molecule has 0 spiro atoms. The van der Waals surface area contributed by atoms with Crippen molar-refractivity contribution in [2.75, 3.05) is 19.7 Å². The highest BCUT2D eigenvalue weighted by Crippen LogP contribution is 2.21. The summed E-state index contributed by atoms with van der Waals surface area (Å²) in [7, 11) is 0. The summed E-state index contributed by atoms with van der Waals surface area (Å²) in [6.07, 6.45) is 2.21. The molecule has 0 unspecified atom stereocenters. The van der Waals surface area contributed by atoms with Crippen LogP contribution in [0.25, 0.3) is 0 Å². The lowest BCUT2D eigenvalue weighted by molar-refractivity contribution is 0.188. The van der Waals surface area contributed by atoms with Crippen molar-refractivity contribution in [3.63, 3.8) is 0 Å². The number of unbranched alkanes of at least 4 members (excludes halogenated alkanes) is 1. The summed E-state index contributed by atoms with van der Waals surface area (Å²) in [6, 6.07) is 5.06. The molecule has 0 radical (unpaired) electrons. The fraction of sp³-hybridized carbons (Fsp3) is 0.538. The fourth-order valence-corrected chi connectivity index (χ4v) is 2.09. The molecule has 0 saturated heterocycles. The Morgan fingerprint density at radius 2 is 2.12 bits per heavy atom. The molecular formula is C13H19BrFNO. The van der Waals surface area contributed by atoms with Crippen LogP contribution in [0.15, 0.2) is 22.7 Å². The maximum atomic E-state index is 13.4. The second-order valence-corrected chi connectivity index (χ2v) is 4.86. The standard InChI is InChI=1S/C13H19BrFNO/c1-2-3-7-16(8-9-17)10-11-5-4-6-12(15)13(11)14/h4-6,17H,2-3,7-10H2,1H3. The summed E-state index contributed by atoms with van der Waals surface area (Å²) in [5.74, 6) is -0.234. The average Bonchev–Trinajstić information content (AvgIpc) is 2.32. The van der Waals surface area contributed by atoms with Gasteiger partial charge in [0.05, 0.1) is 11.1 Å². The molecule has 0 saturated carbocycles. The van der Waals surface area contributed by atoms with Crippen LogP contribution in [-0.2, 0) is 6.54 Å². The van der Waals surface area contributed by atoms with E-state index < -0.39 is 0 Å². The van der Waals surface area contributed by atoms with Crippen molar-refractivity contribution in [1.82, 2.24) is 4.90 Å². The Morgan fingerprint density at radius 1 is 1.35 bits per heavy atom. The highest BCUT2D eigenvalue weighted by Gasteiger charge is 2.09. The number of hydrogen-bond donors (Lipinski definition) is 1. The summed E-state index contributed by atoms with van der Waals surface area (Å²) in [5.41, 5.74) is 0.926. The maximum Gasteiger partial charge on any atom is 0.137 e. The Morgan fingerprint density at radius 3 is 2.76 bits per heavy atom. The smallest absolute Gasteiger partial charge is 0.137 e. The molecule has 0 bridgehead atoms. The Bertz CT molecular complexity index is 346. The van der Waals surface area contributed by atoms with Crippen LogP contribution in [0, 0.1) is 5.82 Å². The molecule has 96 valence electrons. The van der Waals surface area contributed by atoms with E-state index in [9.17, 15) is 4.39 Å². The van der Waals surface area contributed by atoms with Crippen molar-refractivity contribution in [2.45, 2.75) is 26.3 Å². The van der Waals surface area contributed by atoms with E-state index in [0.717, 1.165) is 24.9 Å². The molecule has 0 aliphatic rings. The van der Waals surface area contributed by atoms with Gasteiger partial charge >= 0.3 is 0 Å². The summed E-state index contributed by atoms with van der Waals surface area (Å²) >= 11 is 3.26. The van der Waals surface area contributed by atoms with E-state index in [1.54, 1.807) is 6.07 Å². The summed E-state index contributed by atoms with van der Waals surface area (Å²) < 4.78 is 13.9. The van der Waals surface area contributed by atoms with Crippen molar-refractivity contribution in [1.29, 1.82) is 0 Å². The van der Waals surface area contributed by atoms with Crippen molar-refractivity contribution in [2.24, 2.45) is 0 Å². The zero-order valence-electron chi connectivity index (χ0n) is 10.1. The van der Waals surface area contributed by atoms with Crippen LogP contribution >= 0.6 is 15.9 Å². The number of hydrogen-bond acceptors (Lipinski definition) is 2. The highest BCUT2D eigenvalue weighted by molar-refractivity contribution is 9.10. The number of halogens is 2. The zero-order valence-corrected chi connectivity index (χ0v) is 11.7. The van der Waals surface area contributed by atoms with Crippen LogP contribution in [0.5, 0.6) is 0 Å². The monoisotopic (exact) mass is 303 g/mol. The third-order valence-electron chi connectivity index (χ3n) is 2.67. The van der Waals surface area contributed by atoms with Gasteiger partial charge in [-0.3, -0.25) is 4.90 Å². The molecule has 0 fully saturated rings. The molecule has 1 rings (SSSR count). The van der Waals surface area contributed by atoms with Crippen LogP contribution in [0.3, 0.4) is 0 Å². The minimum atomic E-state index is -0.234. The quantitative estimate of drug-likeness (QED) is 0.836. The van der Waals surface area contributed by atoms with E-state index in [1.807, 2.05) is 6.07 Å². The lowest BCUT2D eigenvalue weighted by atomic mass is 10.2. The van der Waals surface area contributed by atoms with Gasteiger partial charge in [0, 0.05) is 13.1 Å². The van der Waals surface area contributed by atoms with E-state index in [2.05, 4.69) is 27.8 Å². The van der Waals surface area contributed by atoms with E-state index in [1.165, 1.54) is 6.07 Å². The number of aliphatic hydroxyl groups excluding tert-OH is 1. The van der Waals surface area contributed by atoms with Gasteiger partial charge in [-0.15, -0.1) is 0 Å². The molecule has 0 heterocycles. The van der Waals surface area contributed by atoms with E-state index >= 15 is 0 Å². The molecule has 0 aliphatic heterocycles. The first-order chi connectivity index (χ1) is 8.19. The van der Waals surface area contributed by atoms with Gasteiger partial charge in [0.1, 0.15) is 5.82 Å². The number of rotatable bonds is 7. The first-order valence-electron chi connectivity index (χ1n) is 5.95. The van der Waals surface area contributed by atoms with Gasteiger partial charge in [-0.05, 0) is 40.5 Å². The Balaban J connectivity index is 2.67.